The number of hydrogen-bond donors (Lipinski definition) is 2. The lowest BCUT2D eigenvalue weighted by Crippen LogP contribution is -2.38. The van der Waals surface area contributed by atoms with Crippen molar-refractivity contribution in [2.75, 3.05) is 19.0 Å². The number of anilines is 1. The van der Waals surface area contributed by atoms with E-state index in [0.29, 0.717) is 23.7 Å². The molecule has 2 N–H and O–H groups in total. The van der Waals surface area contributed by atoms with E-state index >= 15 is 0 Å². The maximum atomic E-state index is 12.3. The molecule has 1 unspecified atom stereocenters. The molecule has 2 aromatic rings. The van der Waals surface area contributed by atoms with Crippen molar-refractivity contribution in [3.05, 3.63) is 53.6 Å². The number of fused-ring (bicyclic) bond motifs is 1. The number of methoxy groups -OCH3 is 1. The summed E-state index contributed by atoms with van der Waals surface area (Å²) in [5, 5.41) is 6.32. The average Bonchev–Trinajstić information content (AvgIpc) is 2.59. The Bertz CT molecular complexity index is 715. The van der Waals surface area contributed by atoms with Crippen LogP contribution < -0.4 is 20.1 Å². The zero-order valence-corrected chi connectivity index (χ0v) is 13.3. The Kier molecular flexibility index (Phi) is 4.37. The van der Waals surface area contributed by atoms with Crippen molar-refractivity contribution >= 4 is 11.6 Å². The van der Waals surface area contributed by atoms with Gasteiger partial charge in [0.15, 0.2) is 11.5 Å². The Balaban J connectivity index is 1.98. The van der Waals surface area contributed by atoms with Crippen molar-refractivity contribution in [1.82, 2.24) is 5.32 Å². The Morgan fingerprint density at radius 3 is 2.70 bits per heavy atom. The van der Waals surface area contributed by atoms with Crippen LogP contribution in [0.1, 0.15) is 35.4 Å². The van der Waals surface area contributed by atoms with E-state index in [1.165, 1.54) is 0 Å². The second-order valence-electron chi connectivity index (χ2n) is 5.32. The van der Waals surface area contributed by atoms with Gasteiger partial charge in [-0.1, -0.05) is 31.2 Å². The summed E-state index contributed by atoms with van der Waals surface area (Å²) in [6.45, 7) is 2.64. The van der Waals surface area contributed by atoms with Crippen LogP contribution >= 0.6 is 0 Å². The van der Waals surface area contributed by atoms with Crippen LogP contribution in [0.25, 0.3) is 0 Å². The summed E-state index contributed by atoms with van der Waals surface area (Å²) in [6.07, 6.45) is 0.532. The van der Waals surface area contributed by atoms with E-state index in [1.54, 1.807) is 13.2 Å². The molecule has 0 spiro atoms. The fourth-order valence-electron chi connectivity index (χ4n) is 2.64. The monoisotopic (exact) mass is 312 g/mol. The molecule has 1 aliphatic heterocycles. The quantitative estimate of drug-likeness (QED) is 0.889. The molecule has 23 heavy (non-hydrogen) atoms. The highest BCUT2D eigenvalue weighted by atomic mass is 16.5. The van der Waals surface area contributed by atoms with Crippen LogP contribution in [0.4, 0.5) is 5.69 Å². The summed E-state index contributed by atoms with van der Waals surface area (Å²) in [7, 11) is 1.61. The minimum Gasteiger partial charge on any atom is -0.493 e. The van der Waals surface area contributed by atoms with E-state index in [0.717, 1.165) is 17.7 Å². The highest BCUT2D eigenvalue weighted by Crippen LogP contribution is 2.37. The number of para-hydroxylation sites is 2. The first-order chi connectivity index (χ1) is 11.2. The standard InChI is InChI=1S/C18H20N2O3/c1-3-11-23-16-13(8-6-10-15(16)22-2)17-19-14-9-5-4-7-12(14)18(21)20-17/h4-10,17,19H,3,11H2,1-2H3,(H,20,21). The smallest absolute Gasteiger partial charge is 0.255 e. The number of nitrogens with one attached hydrogen (secondary N) is 2. The normalized spacial score (nSPS) is 16.1. The Morgan fingerprint density at radius 1 is 1.09 bits per heavy atom. The largest absolute Gasteiger partial charge is 0.493 e. The first-order valence-electron chi connectivity index (χ1n) is 7.70. The van der Waals surface area contributed by atoms with Gasteiger partial charge in [-0.25, -0.2) is 0 Å². The SMILES string of the molecule is CCCOc1c(OC)cccc1C1NC(=O)c2ccccc2N1. The minimum atomic E-state index is -0.362. The van der Waals surface area contributed by atoms with Crippen LogP contribution in [0.5, 0.6) is 11.5 Å². The summed E-state index contributed by atoms with van der Waals surface area (Å²) in [5.74, 6) is 1.22. The molecule has 0 radical (unpaired) electrons. The lowest BCUT2D eigenvalue weighted by molar-refractivity contribution is 0.0935. The molecule has 1 amide bonds. The maximum Gasteiger partial charge on any atom is 0.255 e. The number of hydrogen-bond acceptors (Lipinski definition) is 4. The summed E-state index contributed by atoms with van der Waals surface area (Å²) in [5.41, 5.74) is 2.30. The molecule has 5 heteroatoms. The van der Waals surface area contributed by atoms with Gasteiger partial charge in [0, 0.05) is 11.3 Å². The third-order valence-corrected chi connectivity index (χ3v) is 3.74. The van der Waals surface area contributed by atoms with Crippen molar-refractivity contribution < 1.29 is 14.3 Å². The van der Waals surface area contributed by atoms with E-state index in [1.807, 2.05) is 43.3 Å². The van der Waals surface area contributed by atoms with Crippen molar-refractivity contribution in [1.29, 1.82) is 0 Å². The summed E-state index contributed by atoms with van der Waals surface area (Å²) >= 11 is 0. The maximum absolute atomic E-state index is 12.3. The first-order valence-corrected chi connectivity index (χ1v) is 7.70. The predicted octanol–water partition coefficient (Wildman–Crippen LogP) is 3.34. The number of amides is 1. The highest BCUT2D eigenvalue weighted by molar-refractivity contribution is 6.01. The van der Waals surface area contributed by atoms with Gasteiger partial charge in [-0.05, 0) is 24.6 Å². The Morgan fingerprint density at radius 2 is 1.91 bits per heavy atom. The Hall–Kier alpha value is -2.69. The number of rotatable bonds is 5. The fourth-order valence-corrected chi connectivity index (χ4v) is 2.64. The first kappa shape index (κ1) is 15.2. The van der Waals surface area contributed by atoms with Crippen LogP contribution in [-0.4, -0.2) is 19.6 Å². The lowest BCUT2D eigenvalue weighted by atomic mass is 10.0. The predicted molar refractivity (Wildman–Crippen MR) is 89.1 cm³/mol. The summed E-state index contributed by atoms with van der Waals surface area (Å²) in [4.78, 5) is 12.3. The molecule has 120 valence electrons. The van der Waals surface area contributed by atoms with Crippen LogP contribution in [0.2, 0.25) is 0 Å². The molecule has 0 bridgehead atoms. The topological polar surface area (TPSA) is 59.6 Å². The van der Waals surface area contributed by atoms with Crippen LogP contribution in [-0.2, 0) is 0 Å². The van der Waals surface area contributed by atoms with Gasteiger partial charge in [-0.3, -0.25) is 4.79 Å². The van der Waals surface area contributed by atoms with E-state index in [2.05, 4.69) is 10.6 Å². The van der Waals surface area contributed by atoms with Crippen molar-refractivity contribution in [3.8, 4) is 11.5 Å². The molecule has 3 rings (SSSR count). The van der Waals surface area contributed by atoms with E-state index in [4.69, 9.17) is 9.47 Å². The third kappa shape index (κ3) is 2.95. The molecule has 0 saturated carbocycles. The highest BCUT2D eigenvalue weighted by Gasteiger charge is 2.27. The van der Waals surface area contributed by atoms with Gasteiger partial charge in [-0.15, -0.1) is 0 Å². The molecule has 2 aromatic carbocycles. The molecule has 1 atom stereocenters. The Labute approximate surface area is 135 Å². The zero-order valence-electron chi connectivity index (χ0n) is 13.3. The number of benzene rings is 2. The van der Waals surface area contributed by atoms with Gasteiger partial charge in [0.1, 0.15) is 6.17 Å². The summed E-state index contributed by atoms with van der Waals surface area (Å²) < 4.78 is 11.3. The average molecular weight is 312 g/mol. The van der Waals surface area contributed by atoms with Gasteiger partial charge in [0.2, 0.25) is 0 Å². The lowest BCUT2D eigenvalue weighted by Gasteiger charge is -2.29. The third-order valence-electron chi connectivity index (χ3n) is 3.74. The number of carbonyl (C=O) groups is 1. The van der Waals surface area contributed by atoms with Crippen molar-refractivity contribution in [2.24, 2.45) is 0 Å². The molecule has 1 aliphatic rings. The second kappa shape index (κ2) is 6.60. The number of carbonyl (C=O) groups excluding carboxylic acids is 1. The molecule has 5 nitrogen and oxygen atoms in total. The van der Waals surface area contributed by atoms with Gasteiger partial charge >= 0.3 is 0 Å². The van der Waals surface area contributed by atoms with Gasteiger partial charge < -0.3 is 20.1 Å². The van der Waals surface area contributed by atoms with Crippen molar-refractivity contribution in [2.45, 2.75) is 19.5 Å². The molecular formula is C18H20N2O3. The molecular weight excluding hydrogens is 292 g/mol. The second-order valence-corrected chi connectivity index (χ2v) is 5.32. The van der Waals surface area contributed by atoms with Gasteiger partial charge in [0.05, 0.1) is 19.3 Å². The molecule has 0 fully saturated rings. The molecule has 1 heterocycles. The van der Waals surface area contributed by atoms with Gasteiger partial charge in [-0.2, -0.15) is 0 Å². The van der Waals surface area contributed by atoms with Crippen molar-refractivity contribution in [3.63, 3.8) is 0 Å². The zero-order chi connectivity index (χ0) is 16.2. The van der Waals surface area contributed by atoms with Gasteiger partial charge in [0.25, 0.3) is 5.91 Å². The van der Waals surface area contributed by atoms with Crippen LogP contribution in [0, 0.1) is 0 Å². The molecule has 0 saturated heterocycles. The number of ether oxygens (including phenoxy) is 2. The van der Waals surface area contributed by atoms with E-state index in [9.17, 15) is 4.79 Å². The van der Waals surface area contributed by atoms with Crippen LogP contribution in [0.15, 0.2) is 42.5 Å². The molecule has 0 aromatic heterocycles. The van der Waals surface area contributed by atoms with E-state index in [-0.39, 0.29) is 12.1 Å². The summed E-state index contributed by atoms with van der Waals surface area (Å²) in [6, 6.07) is 13.1. The minimum absolute atomic E-state index is 0.103. The molecule has 0 aliphatic carbocycles. The van der Waals surface area contributed by atoms with E-state index < -0.39 is 0 Å². The fraction of sp³-hybridized carbons (Fsp3) is 0.278. The van der Waals surface area contributed by atoms with Crippen LogP contribution in [0.3, 0.4) is 0 Å².